The van der Waals surface area contributed by atoms with Gasteiger partial charge in [0, 0.05) is 13.1 Å². The van der Waals surface area contributed by atoms with Crippen molar-refractivity contribution in [3.8, 4) is 0 Å². The van der Waals surface area contributed by atoms with Crippen molar-refractivity contribution in [1.29, 1.82) is 0 Å². The highest BCUT2D eigenvalue weighted by Gasteiger charge is 2.08. The number of carbonyl (C=O) groups is 1. The summed E-state index contributed by atoms with van der Waals surface area (Å²) >= 11 is 0. The number of carbonyl (C=O) groups excluding carboxylic acids is 1. The SMILES string of the molecule is CP(=O)(O)OCCOCCOCCOCCOCCC=O. The maximum Gasteiger partial charge on any atom is 0.325 e. The number of rotatable bonds is 16. The van der Waals surface area contributed by atoms with E-state index in [4.69, 9.17) is 23.8 Å². The van der Waals surface area contributed by atoms with Crippen molar-refractivity contribution in [1.82, 2.24) is 0 Å². The zero-order valence-electron chi connectivity index (χ0n) is 12.4. The molecule has 0 radical (unpaired) electrons. The lowest BCUT2D eigenvalue weighted by atomic mass is 10.5. The molecule has 0 saturated carbocycles. The predicted molar refractivity (Wildman–Crippen MR) is 75.7 cm³/mol. The van der Waals surface area contributed by atoms with Crippen molar-refractivity contribution in [2.75, 3.05) is 66.1 Å². The third-order valence-electron chi connectivity index (χ3n) is 2.05. The summed E-state index contributed by atoms with van der Waals surface area (Å²) in [6.45, 7) is 4.53. The second kappa shape index (κ2) is 14.6. The first-order valence-electron chi connectivity index (χ1n) is 6.75. The van der Waals surface area contributed by atoms with Crippen molar-refractivity contribution < 1.29 is 37.7 Å². The zero-order chi connectivity index (χ0) is 15.8. The third-order valence-corrected chi connectivity index (χ3v) is 2.72. The maximum atomic E-state index is 10.8. The third kappa shape index (κ3) is 19.7. The van der Waals surface area contributed by atoms with Gasteiger partial charge in [-0.1, -0.05) is 0 Å². The summed E-state index contributed by atoms with van der Waals surface area (Å²) in [7, 11) is -3.41. The second-order valence-corrected chi connectivity index (χ2v) is 5.91. The molecule has 1 unspecified atom stereocenters. The quantitative estimate of drug-likeness (QED) is 0.248. The molecule has 0 bridgehead atoms. The van der Waals surface area contributed by atoms with E-state index < -0.39 is 7.60 Å². The molecule has 1 N–H and O–H groups in total. The van der Waals surface area contributed by atoms with Crippen LogP contribution < -0.4 is 0 Å². The molecule has 8 nitrogen and oxygen atoms in total. The Labute approximate surface area is 125 Å². The van der Waals surface area contributed by atoms with Gasteiger partial charge in [0.2, 0.25) is 0 Å². The van der Waals surface area contributed by atoms with Gasteiger partial charge in [0.1, 0.15) is 6.29 Å². The molecule has 0 heterocycles. The van der Waals surface area contributed by atoms with E-state index in [9.17, 15) is 9.36 Å². The molecule has 0 aromatic heterocycles. The lowest BCUT2D eigenvalue weighted by Gasteiger charge is -2.08. The van der Waals surface area contributed by atoms with E-state index in [2.05, 4.69) is 4.52 Å². The van der Waals surface area contributed by atoms with Gasteiger partial charge < -0.3 is 33.2 Å². The first kappa shape index (κ1) is 20.7. The average Bonchev–Trinajstić information content (AvgIpc) is 2.42. The van der Waals surface area contributed by atoms with Crippen LogP contribution in [-0.2, 0) is 32.8 Å². The van der Waals surface area contributed by atoms with Crippen LogP contribution in [0.5, 0.6) is 0 Å². The van der Waals surface area contributed by atoms with E-state index in [0.29, 0.717) is 52.7 Å². The van der Waals surface area contributed by atoms with Crippen LogP contribution in [0.3, 0.4) is 0 Å². The molecular weight excluding hydrogens is 303 g/mol. The molecule has 0 aromatic rings. The molecule has 0 saturated heterocycles. The number of hydrogen-bond donors (Lipinski definition) is 1. The first-order chi connectivity index (χ1) is 10.1. The molecule has 0 aromatic carbocycles. The smallest absolute Gasteiger partial charge is 0.325 e. The van der Waals surface area contributed by atoms with Crippen molar-refractivity contribution in [2.24, 2.45) is 0 Å². The van der Waals surface area contributed by atoms with Gasteiger partial charge in [-0.2, -0.15) is 0 Å². The second-order valence-electron chi connectivity index (χ2n) is 4.04. The highest BCUT2D eigenvalue weighted by atomic mass is 31.2. The van der Waals surface area contributed by atoms with Gasteiger partial charge >= 0.3 is 7.60 Å². The summed E-state index contributed by atoms with van der Waals surface area (Å²) < 4.78 is 36.1. The fourth-order valence-corrected chi connectivity index (χ4v) is 1.57. The Morgan fingerprint density at radius 1 is 0.810 bits per heavy atom. The topological polar surface area (TPSA) is 101 Å². The molecule has 21 heavy (non-hydrogen) atoms. The van der Waals surface area contributed by atoms with Gasteiger partial charge in [0.25, 0.3) is 0 Å². The lowest BCUT2D eigenvalue weighted by Crippen LogP contribution is -2.13. The molecule has 0 aliphatic carbocycles. The largest absolute Gasteiger partial charge is 0.379 e. The van der Waals surface area contributed by atoms with Crippen LogP contribution in [0, 0.1) is 0 Å². The minimum absolute atomic E-state index is 0.0808. The van der Waals surface area contributed by atoms with Crippen LogP contribution in [0.1, 0.15) is 6.42 Å². The molecule has 0 amide bonds. The summed E-state index contributed by atoms with van der Waals surface area (Å²) in [5.74, 6) is 0. The maximum absolute atomic E-state index is 10.8. The summed E-state index contributed by atoms with van der Waals surface area (Å²) in [6.07, 6.45) is 1.22. The number of ether oxygens (including phenoxy) is 4. The summed E-state index contributed by atoms with van der Waals surface area (Å²) in [5, 5.41) is 0. The van der Waals surface area contributed by atoms with Crippen LogP contribution in [0.2, 0.25) is 0 Å². The van der Waals surface area contributed by atoms with Crippen molar-refractivity contribution in [3.05, 3.63) is 0 Å². The van der Waals surface area contributed by atoms with Gasteiger partial charge in [-0.05, 0) is 0 Å². The monoisotopic (exact) mass is 328 g/mol. The van der Waals surface area contributed by atoms with Crippen LogP contribution >= 0.6 is 7.60 Å². The highest BCUT2D eigenvalue weighted by molar-refractivity contribution is 7.51. The predicted octanol–water partition coefficient (Wildman–Crippen LogP) is 0.474. The molecule has 0 rings (SSSR count). The van der Waals surface area contributed by atoms with Crippen molar-refractivity contribution in [3.63, 3.8) is 0 Å². The van der Waals surface area contributed by atoms with Crippen LogP contribution in [0.25, 0.3) is 0 Å². The van der Waals surface area contributed by atoms with Crippen LogP contribution in [0.15, 0.2) is 0 Å². The Bertz CT molecular complexity index is 280. The Hall–Kier alpha value is -0.340. The Morgan fingerprint density at radius 2 is 1.19 bits per heavy atom. The lowest BCUT2D eigenvalue weighted by molar-refractivity contribution is -0.108. The summed E-state index contributed by atoms with van der Waals surface area (Å²) in [4.78, 5) is 18.8. The molecule has 9 heteroatoms. The standard InChI is InChI=1S/C12H25O8P/c1-21(14,15)20-12-11-19-10-9-18-8-7-17-6-5-16-4-2-3-13/h3H,2,4-12H2,1H3,(H,14,15). The van der Waals surface area contributed by atoms with Crippen LogP contribution in [0.4, 0.5) is 0 Å². The van der Waals surface area contributed by atoms with Gasteiger partial charge in [-0.25, -0.2) is 0 Å². The Balaban J connectivity index is 3.03. The minimum atomic E-state index is -3.41. The molecule has 0 fully saturated rings. The van der Waals surface area contributed by atoms with E-state index in [1.165, 1.54) is 0 Å². The fourth-order valence-electron chi connectivity index (χ4n) is 1.16. The molecule has 0 aliphatic heterocycles. The summed E-state index contributed by atoms with van der Waals surface area (Å²) in [5.41, 5.74) is 0. The van der Waals surface area contributed by atoms with Gasteiger partial charge in [0.05, 0.1) is 59.5 Å². The van der Waals surface area contributed by atoms with Gasteiger partial charge in [0.15, 0.2) is 0 Å². The van der Waals surface area contributed by atoms with Gasteiger partial charge in [-0.3, -0.25) is 4.57 Å². The van der Waals surface area contributed by atoms with E-state index >= 15 is 0 Å². The van der Waals surface area contributed by atoms with Crippen LogP contribution in [-0.4, -0.2) is 77.3 Å². The molecule has 0 spiro atoms. The van der Waals surface area contributed by atoms with Gasteiger partial charge in [-0.15, -0.1) is 0 Å². The van der Waals surface area contributed by atoms with E-state index in [0.717, 1.165) is 13.0 Å². The fraction of sp³-hybridized carbons (Fsp3) is 0.917. The highest BCUT2D eigenvalue weighted by Crippen LogP contribution is 2.35. The van der Waals surface area contributed by atoms with Crippen molar-refractivity contribution in [2.45, 2.75) is 6.42 Å². The number of aldehydes is 1. The Kier molecular flexibility index (Phi) is 14.4. The Morgan fingerprint density at radius 3 is 1.57 bits per heavy atom. The minimum Gasteiger partial charge on any atom is -0.379 e. The summed E-state index contributed by atoms with van der Waals surface area (Å²) in [6, 6.07) is 0. The van der Waals surface area contributed by atoms with E-state index in [1.807, 2.05) is 0 Å². The molecule has 0 aliphatic rings. The first-order valence-corrected chi connectivity index (χ1v) is 8.78. The number of hydrogen-bond acceptors (Lipinski definition) is 7. The van der Waals surface area contributed by atoms with E-state index in [1.54, 1.807) is 0 Å². The zero-order valence-corrected chi connectivity index (χ0v) is 13.3. The molecular formula is C12H25O8P. The normalized spacial score (nSPS) is 14.0. The van der Waals surface area contributed by atoms with E-state index in [-0.39, 0.29) is 13.2 Å². The average molecular weight is 328 g/mol. The molecule has 126 valence electrons. The molecule has 1 atom stereocenters. The van der Waals surface area contributed by atoms with Crippen molar-refractivity contribution >= 4 is 13.9 Å².